The van der Waals surface area contributed by atoms with Gasteiger partial charge in [0, 0.05) is 37.3 Å². The Morgan fingerprint density at radius 1 is 0.964 bits per heavy atom. The van der Waals surface area contributed by atoms with Gasteiger partial charge in [0.25, 0.3) is 17.7 Å². The van der Waals surface area contributed by atoms with Gasteiger partial charge in [-0.15, -0.1) is 0 Å². The van der Waals surface area contributed by atoms with Crippen molar-refractivity contribution in [3.8, 4) is 0 Å². The van der Waals surface area contributed by atoms with E-state index >= 15 is 0 Å². The second kappa shape index (κ2) is 8.41. The van der Waals surface area contributed by atoms with Crippen LogP contribution in [0.25, 0.3) is 0 Å². The van der Waals surface area contributed by atoms with Crippen LogP contribution in [0.5, 0.6) is 0 Å². The Hall–Kier alpha value is -2.90. The summed E-state index contributed by atoms with van der Waals surface area (Å²) in [6, 6.07) is 4.31. The van der Waals surface area contributed by atoms with E-state index in [0.717, 1.165) is 0 Å². The molecule has 1 aliphatic rings. The van der Waals surface area contributed by atoms with Crippen LogP contribution in [0.2, 0.25) is 0 Å². The topological polar surface area (TPSA) is 98.8 Å². The van der Waals surface area contributed by atoms with E-state index in [0.29, 0.717) is 30.8 Å². The Bertz CT molecular complexity index is 794. The number of rotatable bonds is 6. The van der Waals surface area contributed by atoms with Crippen LogP contribution in [0.4, 0.5) is 4.79 Å². The third-order valence-corrected chi connectivity index (χ3v) is 4.56. The smallest absolute Gasteiger partial charge is 0.317 e. The minimum atomic E-state index is -0.640. The number of nitrogens with zero attached hydrogens (tertiary/aromatic N) is 2. The first kappa shape index (κ1) is 21.4. The normalized spacial score (nSPS) is 13.4. The molecule has 5 amide bonds. The zero-order chi connectivity index (χ0) is 21.1. The molecule has 0 spiro atoms. The lowest BCUT2D eigenvalue weighted by Crippen LogP contribution is -2.45. The molecule has 0 saturated heterocycles. The number of amides is 5. The van der Waals surface area contributed by atoms with Gasteiger partial charge in [-0.05, 0) is 52.8 Å². The van der Waals surface area contributed by atoms with Crippen LogP contribution in [0.1, 0.15) is 65.7 Å². The third-order valence-electron chi connectivity index (χ3n) is 4.56. The summed E-state index contributed by atoms with van der Waals surface area (Å²) in [5.74, 6) is -1.11. The van der Waals surface area contributed by atoms with Gasteiger partial charge < -0.3 is 15.5 Å². The molecule has 0 fully saturated rings. The molecule has 152 valence electrons. The van der Waals surface area contributed by atoms with Gasteiger partial charge in [-0.1, -0.05) is 0 Å². The van der Waals surface area contributed by atoms with Crippen LogP contribution in [-0.2, 0) is 0 Å². The van der Waals surface area contributed by atoms with E-state index in [1.54, 1.807) is 25.7 Å². The Kier molecular flexibility index (Phi) is 6.43. The van der Waals surface area contributed by atoms with Crippen molar-refractivity contribution < 1.29 is 19.2 Å². The lowest BCUT2D eigenvalue weighted by atomic mass is 10.1. The SMILES string of the molecule is CCN(CC)C(=O)NCCNC(=O)c1ccc2c(c1)C(=O)N(C(C)(C)C)C2=O. The molecule has 1 aromatic rings. The summed E-state index contributed by atoms with van der Waals surface area (Å²) in [6.07, 6.45) is 0. The molecule has 1 aromatic carbocycles. The Morgan fingerprint density at radius 2 is 1.54 bits per heavy atom. The van der Waals surface area contributed by atoms with Crippen molar-refractivity contribution in [3.05, 3.63) is 34.9 Å². The quantitative estimate of drug-likeness (QED) is 0.574. The van der Waals surface area contributed by atoms with Gasteiger partial charge in [0.05, 0.1) is 11.1 Å². The standard InChI is InChI=1S/C20H28N4O4/c1-6-23(7-2)19(28)22-11-10-21-16(25)13-8-9-14-15(12-13)18(27)24(17(14)26)20(3,4)5/h8-9,12H,6-7,10-11H2,1-5H3,(H,21,25)(H,22,28). The third kappa shape index (κ3) is 4.32. The second-order valence-corrected chi connectivity index (χ2v) is 7.54. The molecule has 8 nitrogen and oxygen atoms in total. The highest BCUT2D eigenvalue weighted by Gasteiger charge is 2.42. The van der Waals surface area contributed by atoms with Crippen molar-refractivity contribution in [3.63, 3.8) is 0 Å². The number of nitrogens with one attached hydrogen (secondary N) is 2. The van der Waals surface area contributed by atoms with Gasteiger partial charge in [0.1, 0.15) is 0 Å². The molecule has 0 saturated carbocycles. The predicted octanol–water partition coefficient (Wildman–Crippen LogP) is 1.86. The van der Waals surface area contributed by atoms with Crippen LogP contribution >= 0.6 is 0 Å². The molecule has 8 heteroatoms. The van der Waals surface area contributed by atoms with E-state index < -0.39 is 11.4 Å². The average Bonchev–Trinajstić information content (AvgIpc) is 2.89. The van der Waals surface area contributed by atoms with Crippen LogP contribution in [0.3, 0.4) is 0 Å². The number of imide groups is 1. The number of carbonyl (C=O) groups is 4. The molecule has 0 radical (unpaired) electrons. The first-order valence-electron chi connectivity index (χ1n) is 9.45. The van der Waals surface area contributed by atoms with Crippen molar-refractivity contribution >= 4 is 23.8 Å². The molecular formula is C20H28N4O4. The van der Waals surface area contributed by atoms with Crippen molar-refractivity contribution in [1.82, 2.24) is 20.4 Å². The summed E-state index contributed by atoms with van der Waals surface area (Å²) in [5.41, 5.74) is 0.203. The lowest BCUT2D eigenvalue weighted by molar-refractivity contribution is 0.0507. The maximum atomic E-state index is 12.6. The monoisotopic (exact) mass is 388 g/mol. The fourth-order valence-corrected chi connectivity index (χ4v) is 3.06. The van der Waals surface area contributed by atoms with E-state index in [1.165, 1.54) is 23.1 Å². The average molecular weight is 388 g/mol. The van der Waals surface area contributed by atoms with E-state index in [-0.39, 0.29) is 30.0 Å². The molecule has 1 heterocycles. The zero-order valence-corrected chi connectivity index (χ0v) is 17.1. The molecule has 2 rings (SSSR count). The summed E-state index contributed by atoms with van der Waals surface area (Å²) >= 11 is 0. The highest BCUT2D eigenvalue weighted by molar-refractivity contribution is 6.22. The van der Waals surface area contributed by atoms with Crippen LogP contribution in [0.15, 0.2) is 18.2 Å². The first-order valence-corrected chi connectivity index (χ1v) is 9.45. The Labute approximate surface area is 165 Å². The highest BCUT2D eigenvalue weighted by Crippen LogP contribution is 2.29. The van der Waals surface area contributed by atoms with Gasteiger partial charge in [0.2, 0.25) is 0 Å². The largest absolute Gasteiger partial charge is 0.350 e. The van der Waals surface area contributed by atoms with Crippen LogP contribution in [-0.4, -0.2) is 65.3 Å². The molecule has 1 aliphatic heterocycles. The molecule has 0 unspecified atom stereocenters. The maximum Gasteiger partial charge on any atom is 0.317 e. The van der Waals surface area contributed by atoms with Gasteiger partial charge in [-0.2, -0.15) is 0 Å². The van der Waals surface area contributed by atoms with Crippen LogP contribution in [0, 0.1) is 0 Å². The number of benzene rings is 1. The highest BCUT2D eigenvalue weighted by atomic mass is 16.2. The molecular weight excluding hydrogens is 360 g/mol. The molecule has 0 aromatic heterocycles. The maximum absolute atomic E-state index is 12.6. The minimum absolute atomic E-state index is 0.178. The van der Waals surface area contributed by atoms with Gasteiger partial charge in [-0.3, -0.25) is 19.3 Å². The fraction of sp³-hybridized carbons (Fsp3) is 0.500. The molecule has 28 heavy (non-hydrogen) atoms. The van der Waals surface area contributed by atoms with Crippen LogP contribution < -0.4 is 10.6 Å². The fourth-order valence-electron chi connectivity index (χ4n) is 3.06. The van der Waals surface area contributed by atoms with E-state index in [9.17, 15) is 19.2 Å². The molecule has 0 atom stereocenters. The first-order chi connectivity index (χ1) is 13.1. The van der Waals surface area contributed by atoms with E-state index in [4.69, 9.17) is 0 Å². The molecule has 0 bridgehead atoms. The minimum Gasteiger partial charge on any atom is -0.350 e. The number of hydrogen-bond donors (Lipinski definition) is 2. The molecule has 0 aliphatic carbocycles. The van der Waals surface area contributed by atoms with Crippen molar-refractivity contribution in [2.75, 3.05) is 26.2 Å². The summed E-state index contributed by atoms with van der Waals surface area (Å²) in [7, 11) is 0. The number of hydrogen-bond acceptors (Lipinski definition) is 4. The number of carbonyl (C=O) groups excluding carboxylic acids is 4. The zero-order valence-electron chi connectivity index (χ0n) is 17.1. The van der Waals surface area contributed by atoms with Gasteiger partial charge in [-0.25, -0.2) is 4.79 Å². The Balaban J connectivity index is 1.99. The summed E-state index contributed by atoms with van der Waals surface area (Å²) in [5, 5.41) is 5.44. The van der Waals surface area contributed by atoms with Crippen molar-refractivity contribution in [1.29, 1.82) is 0 Å². The summed E-state index contributed by atoms with van der Waals surface area (Å²) in [4.78, 5) is 52.1. The number of fused-ring (bicyclic) bond motifs is 1. The van der Waals surface area contributed by atoms with Gasteiger partial charge in [0.15, 0.2) is 0 Å². The van der Waals surface area contributed by atoms with Crippen molar-refractivity contribution in [2.45, 2.75) is 40.2 Å². The lowest BCUT2D eigenvalue weighted by Gasteiger charge is -2.29. The summed E-state index contributed by atoms with van der Waals surface area (Å²) < 4.78 is 0. The summed E-state index contributed by atoms with van der Waals surface area (Å²) in [6.45, 7) is 10.9. The van der Waals surface area contributed by atoms with E-state index in [1.807, 2.05) is 13.8 Å². The number of urea groups is 1. The van der Waals surface area contributed by atoms with Crippen molar-refractivity contribution in [2.24, 2.45) is 0 Å². The predicted molar refractivity (Wildman–Crippen MR) is 105 cm³/mol. The Morgan fingerprint density at radius 3 is 2.11 bits per heavy atom. The second-order valence-electron chi connectivity index (χ2n) is 7.54. The van der Waals surface area contributed by atoms with Gasteiger partial charge >= 0.3 is 6.03 Å². The molecule has 2 N–H and O–H groups in total. The van der Waals surface area contributed by atoms with E-state index in [2.05, 4.69) is 10.6 Å².